The van der Waals surface area contributed by atoms with E-state index < -0.39 is 0 Å². The van der Waals surface area contributed by atoms with Crippen LogP contribution in [0, 0.1) is 11.3 Å². The molecule has 2 aromatic rings. The molecule has 0 unspecified atom stereocenters. The van der Waals surface area contributed by atoms with Gasteiger partial charge in [0.1, 0.15) is 17.4 Å². The summed E-state index contributed by atoms with van der Waals surface area (Å²) in [4.78, 5) is 18.2. The molecule has 6 nitrogen and oxygen atoms in total. The number of benzene rings is 1. The highest BCUT2D eigenvalue weighted by molar-refractivity contribution is 5.66. The molecule has 3 rings (SSSR count). The first-order valence-corrected chi connectivity index (χ1v) is 6.16. The van der Waals surface area contributed by atoms with E-state index in [0.29, 0.717) is 19.0 Å². The topological polar surface area (TPSA) is 71.2 Å². The van der Waals surface area contributed by atoms with Crippen LogP contribution in [0.25, 0.3) is 0 Å². The molecule has 0 aliphatic carbocycles. The Kier molecular flexibility index (Phi) is 2.88. The number of nitriles is 1. The monoisotopic (exact) mass is 268 g/mol. The Hall–Kier alpha value is -2.81. The largest absolute Gasteiger partial charge is 0.495 e. The molecule has 20 heavy (non-hydrogen) atoms. The minimum atomic E-state index is -0.296. The highest BCUT2D eigenvalue weighted by atomic mass is 16.5. The Bertz CT molecular complexity index is 760. The van der Waals surface area contributed by atoms with Crippen molar-refractivity contribution in [2.75, 3.05) is 18.6 Å². The number of hydrogen-bond acceptors (Lipinski definition) is 5. The van der Waals surface area contributed by atoms with Crippen LogP contribution in [0.15, 0.2) is 35.3 Å². The predicted octanol–water partition coefficient (Wildman–Crippen LogP) is 1.28. The second-order valence-corrected chi connectivity index (χ2v) is 4.36. The highest BCUT2D eigenvalue weighted by Gasteiger charge is 2.25. The third-order valence-corrected chi connectivity index (χ3v) is 3.31. The molecule has 0 fully saturated rings. The Balaban J connectivity index is 2.13. The van der Waals surface area contributed by atoms with E-state index in [9.17, 15) is 4.79 Å². The van der Waals surface area contributed by atoms with Gasteiger partial charge in [-0.1, -0.05) is 12.1 Å². The van der Waals surface area contributed by atoms with Crippen molar-refractivity contribution in [3.63, 3.8) is 0 Å². The molecule has 0 saturated carbocycles. The number of hydrogen-bond donors (Lipinski definition) is 0. The maximum Gasteiger partial charge on any atom is 0.272 e. The molecule has 0 atom stereocenters. The van der Waals surface area contributed by atoms with Gasteiger partial charge in [0.25, 0.3) is 5.56 Å². The first kappa shape index (κ1) is 12.2. The van der Waals surface area contributed by atoms with Crippen molar-refractivity contribution in [2.24, 2.45) is 0 Å². The summed E-state index contributed by atoms with van der Waals surface area (Å²) in [5, 5.41) is 8.88. The number of methoxy groups -OCH3 is 1. The van der Waals surface area contributed by atoms with Gasteiger partial charge in [-0.3, -0.25) is 9.36 Å². The first-order chi connectivity index (χ1) is 9.76. The fourth-order valence-corrected chi connectivity index (χ4v) is 2.36. The number of aromatic nitrogens is 2. The standard InChI is InChI=1S/C14H12N4O2/c1-20-12-5-3-2-4-11(12)17-6-7-18-13(19)10(8-15)9-16-14(17)18/h2-5,9H,6-7H2,1H3. The van der Waals surface area contributed by atoms with Crippen LogP contribution in [0.1, 0.15) is 5.56 Å². The molecule has 100 valence electrons. The Morgan fingerprint density at radius 3 is 2.90 bits per heavy atom. The third-order valence-electron chi connectivity index (χ3n) is 3.31. The molecule has 0 spiro atoms. The molecule has 0 amide bonds. The zero-order valence-corrected chi connectivity index (χ0v) is 10.9. The SMILES string of the molecule is COc1ccccc1N1CCn2c1ncc(C#N)c2=O. The molecule has 1 aromatic carbocycles. The van der Waals surface area contributed by atoms with Gasteiger partial charge in [0, 0.05) is 13.1 Å². The van der Waals surface area contributed by atoms with E-state index in [1.807, 2.05) is 35.2 Å². The van der Waals surface area contributed by atoms with Crippen molar-refractivity contribution >= 4 is 11.6 Å². The van der Waals surface area contributed by atoms with Crippen molar-refractivity contribution in [1.29, 1.82) is 5.26 Å². The summed E-state index contributed by atoms with van der Waals surface area (Å²) < 4.78 is 6.86. The first-order valence-electron chi connectivity index (χ1n) is 6.16. The number of ether oxygens (including phenoxy) is 1. The Morgan fingerprint density at radius 2 is 2.15 bits per heavy atom. The maximum absolute atomic E-state index is 12.1. The van der Waals surface area contributed by atoms with Crippen LogP contribution in [0.3, 0.4) is 0 Å². The van der Waals surface area contributed by atoms with Gasteiger partial charge in [0.15, 0.2) is 0 Å². The number of rotatable bonds is 2. The molecule has 6 heteroatoms. The molecule has 0 saturated heterocycles. The van der Waals surface area contributed by atoms with Crippen LogP contribution in [-0.2, 0) is 6.54 Å². The van der Waals surface area contributed by atoms with Crippen molar-refractivity contribution in [3.8, 4) is 11.8 Å². The summed E-state index contributed by atoms with van der Waals surface area (Å²) >= 11 is 0. The fourth-order valence-electron chi connectivity index (χ4n) is 2.36. The molecule has 0 bridgehead atoms. The zero-order chi connectivity index (χ0) is 14.1. The molecule has 1 aromatic heterocycles. The molecule has 0 N–H and O–H groups in total. The van der Waals surface area contributed by atoms with Crippen LogP contribution < -0.4 is 15.2 Å². The number of fused-ring (bicyclic) bond motifs is 1. The third kappa shape index (κ3) is 1.72. The van der Waals surface area contributed by atoms with Crippen molar-refractivity contribution in [2.45, 2.75) is 6.54 Å². The lowest BCUT2D eigenvalue weighted by Crippen LogP contribution is -2.22. The summed E-state index contributed by atoms with van der Waals surface area (Å²) in [5.74, 6) is 1.26. The lowest BCUT2D eigenvalue weighted by atomic mass is 10.2. The van der Waals surface area contributed by atoms with Gasteiger partial charge in [0.05, 0.1) is 19.0 Å². The van der Waals surface area contributed by atoms with E-state index in [0.717, 1.165) is 11.4 Å². The molecular weight excluding hydrogens is 256 g/mol. The summed E-state index contributed by atoms with van der Waals surface area (Å²) in [5.41, 5.74) is 0.628. The van der Waals surface area contributed by atoms with Crippen LogP contribution in [0.2, 0.25) is 0 Å². The minimum Gasteiger partial charge on any atom is -0.495 e. The zero-order valence-electron chi connectivity index (χ0n) is 10.9. The average molecular weight is 268 g/mol. The van der Waals surface area contributed by atoms with Crippen molar-refractivity contribution in [1.82, 2.24) is 9.55 Å². The Labute approximate surface area is 115 Å². The summed E-state index contributed by atoms with van der Waals surface area (Å²) in [6.45, 7) is 1.13. The van der Waals surface area contributed by atoms with Gasteiger partial charge in [-0.2, -0.15) is 5.26 Å². The molecule has 0 radical (unpaired) electrons. The van der Waals surface area contributed by atoms with Crippen LogP contribution >= 0.6 is 0 Å². The van der Waals surface area contributed by atoms with E-state index in [4.69, 9.17) is 10.00 Å². The van der Waals surface area contributed by atoms with Crippen LogP contribution in [0.5, 0.6) is 5.75 Å². The van der Waals surface area contributed by atoms with Crippen molar-refractivity contribution < 1.29 is 4.74 Å². The summed E-state index contributed by atoms with van der Waals surface area (Å²) in [6.07, 6.45) is 1.32. The summed E-state index contributed by atoms with van der Waals surface area (Å²) in [7, 11) is 1.61. The van der Waals surface area contributed by atoms with E-state index in [2.05, 4.69) is 4.98 Å². The van der Waals surface area contributed by atoms with Crippen LogP contribution in [-0.4, -0.2) is 23.2 Å². The fraction of sp³-hybridized carbons (Fsp3) is 0.214. The number of nitrogens with zero attached hydrogens (tertiary/aromatic N) is 4. The minimum absolute atomic E-state index is 0.0654. The molecular formula is C14H12N4O2. The lowest BCUT2D eigenvalue weighted by molar-refractivity contribution is 0.415. The van der Waals surface area contributed by atoms with Crippen LogP contribution in [0.4, 0.5) is 11.6 Å². The van der Waals surface area contributed by atoms with Gasteiger partial charge in [0.2, 0.25) is 5.95 Å². The van der Waals surface area contributed by atoms with Crippen molar-refractivity contribution in [3.05, 3.63) is 46.4 Å². The van der Waals surface area contributed by atoms with Gasteiger partial charge >= 0.3 is 0 Å². The van der Waals surface area contributed by atoms with Gasteiger partial charge < -0.3 is 9.64 Å². The lowest BCUT2D eigenvalue weighted by Gasteiger charge is -2.19. The second kappa shape index (κ2) is 4.70. The van der Waals surface area contributed by atoms with Gasteiger partial charge in [-0.25, -0.2) is 4.98 Å². The van der Waals surface area contributed by atoms with E-state index in [1.54, 1.807) is 7.11 Å². The predicted molar refractivity (Wildman–Crippen MR) is 73.2 cm³/mol. The van der Waals surface area contributed by atoms with E-state index in [1.165, 1.54) is 10.8 Å². The van der Waals surface area contributed by atoms with Gasteiger partial charge in [-0.05, 0) is 12.1 Å². The number of para-hydroxylation sites is 2. The molecule has 2 heterocycles. The maximum atomic E-state index is 12.1. The second-order valence-electron chi connectivity index (χ2n) is 4.36. The van der Waals surface area contributed by atoms with E-state index >= 15 is 0 Å². The van der Waals surface area contributed by atoms with E-state index in [-0.39, 0.29) is 11.1 Å². The smallest absolute Gasteiger partial charge is 0.272 e. The average Bonchev–Trinajstić information content (AvgIpc) is 2.92. The molecule has 1 aliphatic heterocycles. The number of anilines is 2. The normalized spacial score (nSPS) is 12.9. The highest BCUT2D eigenvalue weighted by Crippen LogP contribution is 2.34. The summed E-state index contributed by atoms with van der Waals surface area (Å²) in [6, 6.07) is 9.43. The molecule has 1 aliphatic rings. The quantitative estimate of drug-likeness (QED) is 0.820. The van der Waals surface area contributed by atoms with Gasteiger partial charge in [-0.15, -0.1) is 0 Å². The Morgan fingerprint density at radius 1 is 1.35 bits per heavy atom.